The van der Waals surface area contributed by atoms with Crippen molar-refractivity contribution in [2.24, 2.45) is 0 Å². The molecule has 0 bridgehead atoms. The molecule has 1 atom stereocenters. The van der Waals surface area contributed by atoms with Crippen molar-refractivity contribution in [3.8, 4) is 5.75 Å². The molecule has 0 aliphatic carbocycles. The van der Waals surface area contributed by atoms with Gasteiger partial charge in [-0.25, -0.2) is 0 Å². The van der Waals surface area contributed by atoms with Gasteiger partial charge in [0.15, 0.2) is 0 Å². The fourth-order valence-electron chi connectivity index (χ4n) is 1.71. The van der Waals surface area contributed by atoms with E-state index < -0.39 is 21.3 Å². The molecule has 0 aliphatic heterocycles. The minimum Gasteiger partial charge on any atom is -0.506 e. The van der Waals surface area contributed by atoms with Gasteiger partial charge in [-0.05, 0) is 31.0 Å². The van der Waals surface area contributed by atoms with Crippen LogP contribution < -0.4 is 11.1 Å². The zero-order valence-electron chi connectivity index (χ0n) is 11.0. The molecule has 1 amide bonds. The van der Waals surface area contributed by atoms with Gasteiger partial charge in [0.25, 0.3) is 10.1 Å². The highest BCUT2D eigenvalue weighted by molar-refractivity contribution is 7.86. The third kappa shape index (κ3) is 4.71. The molecule has 8 heteroatoms. The van der Waals surface area contributed by atoms with Gasteiger partial charge in [0.2, 0.25) is 5.91 Å². The smallest absolute Gasteiger partial charge is 0.267 e. The van der Waals surface area contributed by atoms with Crippen LogP contribution in [-0.2, 0) is 14.9 Å². The molecule has 0 aliphatic rings. The summed E-state index contributed by atoms with van der Waals surface area (Å²) < 4.78 is 30.9. The number of hydrogen-bond acceptors (Lipinski definition) is 5. The van der Waals surface area contributed by atoms with E-state index in [0.29, 0.717) is 5.69 Å². The van der Waals surface area contributed by atoms with Crippen molar-refractivity contribution in [1.29, 1.82) is 0 Å². The number of phenolic OH excluding ortho intramolecular Hbond substituents is 1. The Morgan fingerprint density at radius 2 is 2.10 bits per heavy atom. The van der Waals surface area contributed by atoms with Gasteiger partial charge in [-0.3, -0.25) is 9.35 Å². The van der Waals surface area contributed by atoms with Crippen molar-refractivity contribution in [2.75, 3.05) is 11.1 Å². The normalized spacial score (nSPS) is 12.9. The summed E-state index contributed by atoms with van der Waals surface area (Å²) in [5, 5.41) is 10.8. The Bertz CT molecular complexity index is 586. The molecule has 0 saturated heterocycles. The first-order valence-electron chi connectivity index (χ1n) is 6.08. The number of hydrogen-bond donors (Lipinski definition) is 4. The van der Waals surface area contributed by atoms with Crippen molar-refractivity contribution in [3.05, 3.63) is 18.2 Å². The van der Waals surface area contributed by atoms with Crippen LogP contribution in [0.4, 0.5) is 11.4 Å². The van der Waals surface area contributed by atoms with Crippen LogP contribution in [-0.4, -0.2) is 29.2 Å². The van der Waals surface area contributed by atoms with Gasteiger partial charge in [-0.15, -0.1) is 0 Å². The third-order valence-corrected chi connectivity index (χ3v) is 4.29. The molecule has 0 fully saturated rings. The molecule has 1 unspecified atom stereocenters. The first kappa shape index (κ1) is 16.3. The van der Waals surface area contributed by atoms with E-state index in [0.717, 1.165) is 0 Å². The highest BCUT2D eigenvalue weighted by Crippen LogP contribution is 2.23. The summed E-state index contributed by atoms with van der Waals surface area (Å²) in [7, 11) is -4.13. The molecule has 0 saturated carbocycles. The summed E-state index contributed by atoms with van der Waals surface area (Å²) in [6.07, 6.45) is 0.228. The van der Waals surface area contributed by atoms with E-state index in [1.165, 1.54) is 18.2 Å². The van der Waals surface area contributed by atoms with Crippen LogP contribution in [0.15, 0.2) is 18.2 Å². The SMILES string of the molecule is CCC(CCC(=O)Nc1ccc(O)c(N)c1)S(=O)(=O)O. The lowest BCUT2D eigenvalue weighted by molar-refractivity contribution is -0.116. The van der Waals surface area contributed by atoms with Gasteiger partial charge in [-0.1, -0.05) is 6.92 Å². The van der Waals surface area contributed by atoms with Crippen LogP contribution in [0.5, 0.6) is 5.75 Å². The molecule has 0 spiro atoms. The first-order chi connectivity index (χ1) is 9.24. The molecule has 0 radical (unpaired) electrons. The summed E-state index contributed by atoms with van der Waals surface area (Å²) in [6, 6.07) is 4.22. The van der Waals surface area contributed by atoms with Gasteiger partial charge < -0.3 is 16.2 Å². The van der Waals surface area contributed by atoms with E-state index in [1.54, 1.807) is 6.92 Å². The number of amides is 1. The molecular weight excluding hydrogens is 284 g/mol. The quantitative estimate of drug-likeness (QED) is 0.272. The standard InChI is InChI=1S/C12H18N2O5S/c1-2-9(20(17,18)19)4-6-12(16)14-8-3-5-11(15)10(13)7-8/h3,5,7,9,15H,2,4,6,13H2,1H3,(H,14,16)(H,17,18,19). The van der Waals surface area contributed by atoms with E-state index in [4.69, 9.17) is 10.3 Å². The first-order valence-corrected chi connectivity index (χ1v) is 7.59. The number of nitrogens with two attached hydrogens (primary N) is 1. The van der Waals surface area contributed by atoms with Crippen molar-refractivity contribution in [2.45, 2.75) is 31.4 Å². The lowest BCUT2D eigenvalue weighted by atomic mass is 10.2. The molecule has 20 heavy (non-hydrogen) atoms. The molecule has 7 nitrogen and oxygen atoms in total. The largest absolute Gasteiger partial charge is 0.506 e. The van der Waals surface area contributed by atoms with Crippen LogP contribution in [0.1, 0.15) is 26.2 Å². The Morgan fingerprint density at radius 3 is 2.60 bits per heavy atom. The number of anilines is 2. The molecule has 5 N–H and O–H groups in total. The van der Waals surface area contributed by atoms with Gasteiger partial charge >= 0.3 is 0 Å². The molecule has 1 aromatic rings. The fourth-order valence-corrected chi connectivity index (χ4v) is 2.55. The van der Waals surface area contributed by atoms with Crippen LogP contribution in [0.2, 0.25) is 0 Å². The number of rotatable bonds is 6. The lowest BCUT2D eigenvalue weighted by Crippen LogP contribution is -2.22. The molecule has 0 heterocycles. The summed E-state index contributed by atoms with van der Waals surface area (Å²) in [5.74, 6) is -0.474. The number of benzene rings is 1. The summed E-state index contributed by atoms with van der Waals surface area (Å²) in [5.41, 5.74) is 6.02. The minimum absolute atomic E-state index is 0.0364. The highest BCUT2D eigenvalue weighted by atomic mass is 32.2. The zero-order chi connectivity index (χ0) is 15.3. The Hall–Kier alpha value is -1.80. The van der Waals surface area contributed by atoms with Crippen molar-refractivity contribution < 1.29 is 22.9 Å². The molecule has 1 rings (SSSR count). The van der Waals surface area contributed by atoms with E-state index >= 15 is 0 Å². The second kappa shape index (κ2) is 6.58. The zero-order valence-corrected chi connectivity index (χ0v) is 11.9. The van der Waals surface area contributed by atoms with E-state index in [2.05, 4.69) is 5.32 Å². The van der Waals surface area contributed by atoms with E-state index in [-0.39, 0.29) is 30.7 Å². The predicted octanol–water partition coefficient (Wildman–Crippen LogP) is 1.36. The van der Waals surface area contributed by atoms with Gasteiger partial charge in [0.05, 0.1) is 10.9 Å². The van der Waals surface area contributed by atoms with Crippen LogP contribution in [0, 0.1) is 0 Å². The van der Waals surface area contributed by atoms with E-state index in [1.807, 2.05) is 0 Å². The Kier molecular flexibility index (Phi) is 5.34. The number of carbonyl (C=O) groups excluding carboxylic acids is 1. The summed E-state index contributed by atoms with van der Waals surface area (Å²) in [6.45, 7) is 1.62. The average Bonchev–Trinajstić information content (AvgIpc) is 2.33. The average molecular weight is 302 g/mol. The van der Waals surface area contributed by atoms with Gasteiger partial charge in [0, 0.05) is 12.1 Å². The molecule has 1 aromatic carbocycles. The van der Waals surface area contributed by atoms with Crippen molar-refractivity contribution >= 4 is 27.4 Å². The highest BCUT2D eigenvalue weighted by Gasteiger charge is 2.21. The Balaban J connectivity index is 2.58. The maximum atomic E-state index is 11.7. The van der Waals surface area contributed by atoms with Crippen LogP contribution in [0.3, 0.4) is 0 Å². The number of nitrogen functional groups attached to an aromatic ring is 1. The van der Waals surface area contributed by atoms with Gasteiger partial charge in [-0.2, -0.15) is 8.42 Å². The fraction of sp³-hybridized carbons (Fsp3) is 0.417. The third-order valence-electron chi connectivity index (χ3n) is 2.88. The maximum absolute atomic E-state index is 11.7. The monoisotopic (exact) mass is 302 g/mol. The Labute approximate surface area is 117 Å². The number of carbonyl (C=O) groups is 1. The van der Waals surface area contributed by atoms with Crippen molar-refractivity contribution in [3.63, 3.8) is 0 Å². The molecule has 0 aromatic heterocycles. The topological polar surface area (TPSA) is 130 Å². The number of phenols is 1. The minimum atomic E-state index is -4.13. The van der Waals surface area contributed by atoms with Crippen LogP contribution >= 0.6 is 0 Å². The second-order valence-electron chi connectivity index (χ2n) is 4.41. The summed E-state index contributed by atoms with van der Waals surface area (Å²) >= 11 is 0. The van der Waals surface area contributed by atoms with Crippen molar-refractivity contribution in [1.82, 2.24) is 0 Å². The number of aromatic hydroxyl groups is 1. The maximum Gasteiger partial charge on any atom is 0.267 e. The lowest BCUT2D eigenvalue weighted by Gasteiger charge is -2.11. The summed E-state index contributed by atoms with van der Waals surface area (Å²) in [4.78, 5) is 11.7. The second-order valence-corrected chi connectivity index (χ2v) is 6.10. The molecule has 112 valence electrons. The Morgan fingerprint density at radius 1 is 1.45 bits per heavy atom. The van der Waals surface area contributed by atoms with Crippen LogP contribution in [0.25, 0.3) is 0 Å². The van der Waals surface area contributed by atoms with Gasteiger partial charge in [0.1, 0.15) is 5.75 Å². The number of nitrogens with one attached hydrogen (secondary N) is 1. The molecular formula is C12H18N2O5S. The predicted molar refractivity (Wildman–Crippen MR) is 76.0 cm³/mol. The van der Waals surface area contributed by atoms with E-state index in [9.17, 15) is 18.3 Å².